The molecule has 0 saturated carbocycles. The van der Waals surface area contributed by atoms with Gasteiger partial charge in [-0.3, -0.25) is 4.90 Å². The second-order valence-electron chi connectivity index (χ2n) is 4.65. The number of thiophene rings is 1. The van der Waals surface area contributed by atoms with Crippen LogP contribution in [-0.2, 0) is 0 Å². The molecule has 0 saturated heterocycles. The smallest absolute Gasteiger partial charge is 0.0594 e. The Morgan fingerprint density at radius 3 is 2.67 bits per heavy atom. The molecule has 1 heterocycles. The summed E-state index contributed by atoms with van der Waals surface area (Å²) >= 11 is 1.76. The van der Waals surface area contributed by atoms with Crippen LogP contribution >= 0.6 is 11.3 Å². The van der Waals surface area contributed by atoms with Crippen molar-refractivity contribution >= 4 is 11.3 Å². The average Bonchev–Trinajstić information content (AvgIpc) is 2.89. The number of aliphatic hydroxyl groups is 1. The van der Waals surface area contributed by atoms with Gasteiger partial charge in [0.2, 0.25) is 0 Å². The van der Waals surface area contributed by atoms with Gasteiger partial charge in [0.25, 0.3) is 0 Å². The Kier molecular flexibility index (Phi) is 7.51. The lowest BCUT2D eigenvalue weighted by Crippen LogP contribution is -2.42. The average molecular weight is 270 g/mol. The van der Waals surface area contributed by atoms with Crippen LogP contribution in [0.15, 0.2) is 17.5 Å². The van der Waals surface area contributed by atoms with Crippen molar-refractivity contribution in [1.82, 2.24) is 4.90 Å². The first-order valence-corrected chi connectivity index (χ1v) is 7.76. The predicted molar refractivity (Wildman–Crippen MR) is 78.9 cm³/mol. The van der Waals surface area contributed by atoms with Crippen molar-refractivity contribution in [2.75, 3.05) is 19.7 Å². The Morgan fingerprint density at radius 2 is 2.17 bits per heavy atom. The molecule has 0 radical (unpaired) electrons. The minimum Gasteiger partial charge on any atom is -0.395 e. The molecule has 0 bridgehead atoms. The zero-order valence-corrected chi connectivity index (χ0v) is 12.3. The number of nitrogens with zero attached hydrogens (tertiary/aromatic N) is 1. The van der Waals surface area contributed by atoms with E-state index >= 15 is 0 Å². The van der Waals surface area contributed by atoms with Gasteiger partial charge in [-0.25, -0.2) is 0 Å². The normalized spacial score (nSPS) is 14.9. The molecule has 104 valence electrons. The molecule has 3 N–H and O–H groups in total. The molecule has 0 amide bonds. The highest BCUT2D eigenvalue weighted by Crippen LogP contribution is 2.28. The molecule has 0 aliphatic rings. The standard InChI is InChI=1S/C14H26N2OS/c1-3-5-8-16(9-10-17)14(12(15)4-2)13-7-6-11-18-13/h6-7,11-12,14,17H,3-5,8-10,15H2,1-2H3. The summed E-state index contributed by atoms with van der Waals surface area (Å²) in [7, 11) is 0. The van der Waals surface area contributed by atoms with Crippen molar-refractivity contribution in [3.8, 4) is 0 Å². The fourth-order valence-electron chi connectivity index (χ4n) is 2.22. The van der Waals surface area contributed by atoms with E-state index in [0.29, 0.717) is 6.54 Å². The topological polar surface area (TPSA) is 49.5 Å². The molecular formula is C14H26N2OS. The van der Waals surface area contributed by atoms with Crippen LogP contribution in [0.5, 0.6) is 0 Å². The number of nitrogens with two attached hydrogens (primary N) is 1. The molecule has 0 spiro atoms. The Labute approximate surface area is 115 Å². The first-order valence-electron chi connectivity index (χ1n) is 6.88. The van der Waals surface area contributed by atoms with Crippen LogP contribution < -0.4 is 5.73 Å². The van der Waals surface area contributed by atoms with Gasteiger partial charge in [0.15, 0.2) is 0 Å². The molecule has 0 fully saturated rings. The van der Waals surface area contributed by atoms with Crippen molar-refractivity contribution < 1.29 is 5.11 Å². The van der Waals surface area contributed by atoms with E-state index in [4.69, 9.17) is 5.73 Å². The Balaban J connectivity index is 2.83. The molecule has 18 heavy (non-hydrogen) atoms. The van der Waals surface area contributed by atoms with E-state index in [0.717, 1.165) is 19.4 Å². The van der Waals surface area contributed by atoms with Crippen LogP contribution in [0.3, 0.4) is 0 Å². The van der Waals surface area contributed by atoms with Crippen LogP contribution in [-0.4, -0.2) is 35.7 Å². The van der Waals surface area contributed by atoms with Crippen molar-refractivity contribution in [1.29, 1.82) is 0 Å². The summed E-state index contributed by atoms with van der Waals surface area (Å²) in [5.41, 5.74) is 6.29. The van der Waals surface area contributed by atoms with Gasteiger partial charge in [-0.2, -0.15) is 0 Å². The predicted octanol–water partition coefficient (Wildman–Crippen LogP) is 2.62. The van der Waals surface area contributed by atoms with Gasteiger partial charge in [-0.1, -0.05) is 26.3 Å². The quantitative estimate of drug-likeness (QED) is 0.725. The zero-order valence-electron chi connectivity index (χ0n) is 11.5. The summed E-state index contributed by atoms with van der Waals surface area (Å²) in [6, 6.07) is 4.61. The number of hydrogen-bond acceptors (Lipinski definition) is 4. The lowest BCUT2D eigenvalue weighted by molar-refractivity contribution is 0.132. The van der Waals surface area contributed by atoms with E-state index in [1.54, 1.807) is 11.3 Å². The minimum atomic E-state index is 0.132. The fourth-order valence-corrected chi connectivity index (χ4v) is 3.16. The third-order valence-electron chi connectivity index (χ3n) is 3.29. The highest BCUT2D eigenvalue weighted by Gasteiger charge is 2.25. The summed E-state index contributed by atoms with van der Waals surface area (Å²) in [6.07, 6.45) is 3.27. The lowest BCUT2D eigenvalue weighted by Gasteiger charge is -2.34. The highest BCUT2D eigenvalue weighted by molar-refractivity contribution is 7.10. The second kappa shape index (κ2) is 8.64. The largest absolute Gasteiger partial charge is 0.395 e. The maximum atomic E-state index is 9.26. The van der Waals surface area contributed by atoms with Crippen LogP contribution in [0.1, 0.15) is 44.0 Å². The molecule has 0 aromatic carbocycles. The lowest BCUT2D eigenvalue weighted by atomic mass is 10.0. The van der Waals surface area contributed by atoms with E-state index in [9.17, 15) is 5.11 Å². The summed E-state index contributed by atoms with van der Waals surface area (Å²) in [5.74, 6) is 0. The molecule has 0 aliphatic heterocycles. The molecule has 2 atom stereocenters. The van der Waals surface area contributed by atoms with Crippen molar-refractivity contribution in [2.45, 2.75) is 45.2 Å². The van der Waals surface area contributed by atoms with Crippen molar-refractivity contribution in [3.63, 3.8) is 0 Å². The van der Waals surface area contributed by atoms with E-state index < -0.39 is 0 Å². The number of unbranched alkanes of at least 4 members (excludes halogenated alkanes) is 1. The van der Waals surface area contributed by atoms with E-state index in [2.05, 4.69) is 36.3 Å². The number of aliphatic hydroxyl groups excluding tert-OH is 1. The maximum absolute atomic E-state index is 9.26. The van der Waals surface area contributed by atoms with Gasteiger partial charge in [0, 0.05) is 17.5 Å². The fraction of sp³-hybridized carbons (Fsp3) is 0.714. The molecule has 2 unspecified atom stereocenters. The Hall–Kier alpha value is -0.420. The van der Waals surface area contributed by atoms with E-state index in [-0.39, 0.29) is 18.7 Å². The van der Waals surface area contributed by atoms with Gasteiger partial charge in [0.1, 0.15) is 0 Å². The molecule has 1 aromatic rings. The second-order valence-corrected chi connectivity index (χ2v) is 5.62. The third-order valence-corrected chi connectivity index (χ3v) is 4.23. The van der Waals surface area contributed by atoms with Crippen LogP contribution in [0.4, 0.5) is 0 Å². The van der Waals surface area contributed by atoms with Gasteiger partial charge in [-0.15, -0.1) is 11.3 Å². The van der Waals surface area contributed by atoms with E-state index in [1.807, 2.05) is 0 Å². The van der Waals surface area contributed by atoms with Gasteiger partial charge >= 0.3 is 0 Å². The van der Waals surface area contributed by atoms with Gasteiger partial charge in [-0.05, 0) is 30.8 Å². The highest BCUT2D eigenvalue weighted by atomic mass is 32.1. The molecule has 3 nitrogen and oxygen atoms in total. The van der Waals surface area contributed by atoms with Crippen LogP contribution in [0, 0.1) is 0 Å². The molecule has 4 heteroatoms. The van der Waals surface area contributed by atoms with Crippen LogP contribution in [0.25, 0.3) is 0 Å². The van der Waals surface area contributed by atoms with Crippen molar-refractivity contribution in [3.05, 3.63) is 22.4 Å². The number of rotatable bonds is 9. The van der Waals surface area contributed by atoms with Crippen molar-refractivity contribution in [2.24, 2.45) is 5.73 Å². The summed E-state index contributed by atoms with van der Waals surface area (Å²) in [5, 5.41) is 11.4. The molecule has 1 rings (SSSR count). The summed E-state index contributed by atoms with van der Waals surface area (Å²) in [4.78, 5) is 3.65. The molecule has 1 aromatic heterocycles. The summed E-state index contributed by atoms with van der Waals surface area (Å²) in [6.45, 7) is 6.23. The first kappa shape index (κ1) is 15.6. The zero-order chi connectivity index (χ0) is 13.4. The summed E-state index contributed by atoms with van der Waals surface area (Å²) < 4.78 is 0. The Morgan fingerprint density at radius 1 is 1.39 bits per heavy atom. The van der Waals surface area contributed by atoms with Gasteiger partial charge in [0.05, 0.1) is 12.6 Å². The Bertz CT molecular complexity index is 303. The monoisotopic (exact) mass is 270 g/mol. The molecular weight excluding hydrogens is 244 g/mol. The van der Waals surface area contributed by atoms with E-state index in [1.165, 1.54) is 11.3 Å². The third kappa shape index (κ3) is 4.35. The van der Waals surface area contributed by atoms with Gasteiger partial charge < -0.3 is 10.8 Å². The SMILES string of the molecule is CCCCN(CCO)C(c1cccs1)C(N)CC. The van der Waals surface area contributed by atoms with Crippen LogP contribution in [0.2, 0.25) is 0 Å². The molecule has 0 aliphatic carbocycles. The maximum Gasteiger partial charge on any atom is 0.0594 e. The first-order chi connectivity index (χ1) is 8.74. The number of hydrogen-bond donors (Lipinski definition) is 2. The minimum absolute atomic E-state index is 0.132.